The lowest BCUT2D eigenvalue weighted by molar-refractivity contribution is -0.118. The summed E-state index contributed by atoms with van der Waals surface area (Å²) in [6.07, 6.45) is 0. The maximum atomic E-state index is 12.4. The number of benzene rings is 2. The number of amides is 1. The van der Waals surface area contributed by atoms with E-state index in [2.05, 4.69) is 5.32 Å². The topological polar surface area (TPSA) is 72.5 Å². The zero-order chi connectivity index (χ0) is 18.6. The molecule has 0 aliphatic carbocycles. The summed E-state index contributed by atoms with van der Waals surface area (Å²) in [5, 5.41) is 3.05. The minimum Gasteiger partial charge on any atom is -0.484 e. The third kappa shape index (κ3) is 4.90. The van der Waals surface area contributed by atoms with E-state index in [0.717, 1.165) is 17.7 Å². The average Bonchev–Trinajstić information content (AvgIpc) is 2.56. The number of rotatable bonds is 6. The summed E-state index contributed by atoms with van der Waals surface area (Å²) in [5.41, 5.74) is 1.06. The van der Waals surface area contributed by atoms with E-state index < -0.39 is 26.4 Å². The van der Waals surface area contributed by atoms with Crippen molar-refractivity contribution in [2.45, 2.75) is 17.6 Å². The van der Waals surface area contributed by atoms with E-state index in [1.54, 1.807) is 25.1 Å². The third-order valence-corrected chi connectivity index (χ3v) is 5.02. The van der Waals surface area contributed by atoms with Crippen LogP contribution in [0.3, 0.4) is 0 Å². The molecule has 0 aliphatic heterocycles. The molecule has 0 heterocycles. The summed E-state index contributed by atoms with van der Waals surface area (Å²) in [5.74, 6) is -3.52. The van der Waals surface area contributed by atoms with E-state index in [1.165, 1.54) is 12.1 Å². The summed E-state index contributed by atoms with van der Waals surface area (Å²) >= 11 is 5.89. The number of alkyl halides is 2. The monoisotopic (exact) mass is 389 g/mol. The number of hydrogen-bond donors (Lipinski definition) is 1. The van der Waals surface area contributed by atoms with Crippen molar-refractivity contribution in [3.8, 4) is 5.75 Å². The molecule has 0 spiro atoms. The van der Waals surface area contributed by atoms with Crippen LogP contribution in [0.2, 0.25) is 5.02 Å². The molecule has 0 bridgehead atoms. The lowest BCUT2D eigenvalue weighted by Crippen LogP contribution is -2.20. The predicted octanol–water partition coefficient (Wildman–Crippen LogP) is 3.66. The van der Waals surface area contributed by atoms with Gasteiger partial charge in [-0.1, -0.05) is 11.6 Å². The highest BCUT2D eigenvalue weighted by molar-refractivity contribution is 7.91. The van der Waals surface area contributed by atoms with Crippen molar-refractivity contribution in [2.24, 2.45) is 0 Å². The fourth-order valence-electron chi connectivity index (χ4n) is 1.88. The average molecular weight is 390 g/mol. The minimum absolute atomic E-state index is 0.258. The van der Waals surface area contributed by atoms with Crippen LogP contribution in [0.25, 0.3) is 0 Å². The molecule has 2 aromatic rings. The number of anilines is 1. The highest BCUT2D eigenvalue weighted by atomic mass is 35.5. The van der Waals surface area contributed by atoms with Gasteiger partial charge in [0, 0.05) is 10.7 Å². The molecule has 9 heteroatoms. The number of carbonyl (C=O) groups is 1. The van der Waals surface area contributed by atoms with E-state index in [9.17, 15) is 22.0 Å². The van der Waals surface area contributed by atoms with E-state index >= 15 is 0 Å². The number of nitrogens with one attached hydrogen (secondary N) is 1. The predicted molar refractivity (Wildman–Crippen MR) is 89.9 cm³/mol. The van der Waals surface area contributed by atoms with Crippen LogP contribution in [-0.2, 0) is 14.6 Å². The van der Waals surface area contributed by atoms with Crippen LogP contribution in [0.4, 0.5) is 14.5 Å². The normalized spacial score (nSPS) is 11.4. The second-order valence-electron chi connectivity index (χ2n) is 5.08. The van der Waals surface area contributed by atoms with Crippen LogP contribution in [0.5, 0.6) is 5.75 Å². The number of hydrogen-bond acceptors (Lipinski definition) is 4. The van der Waals surface area contributed by atoms with Gasteiger partial charge in [-0.15, -0.1) is 0 Å². The van der Waals surface area contributed by atoms with Gasteiger partial charge in [0.15, 0.2) is 6.61 Å². The molecule has 1 N–H and O–H groups in total. The van der Waals surface area contributed by atoms with Gasteiger partial charge in [-0.2, -0.15) is 8.78 Å². The van der Waals surface area contributed by atoms with Gasteiger partial charge < -0.3 is 10.1 Å². The SMILES string of the molecule is Cc1cc(OCC(=O)Nc2ccc(S(=O)(=O)C(F)F)cc2)ccc1Cl. The Morgan fingerprint density at radius 2 is 1.84 bits per heavy atom. The van der Waals surface area contributed by atoms with Gasteiger partial charge in [-0.25, -0.2) is 8.42 Å². The molecule has 0 radical (unpaired) electrons. The van der Waals surface area contributed by atoms with Gasteiger partial charge in [0.25, 0.3) is 5.91 Å². The first-order chi connectivity index (χ1) is 11.7. The summed E-state index contributed by atoms with van der Waals surface area (Å²) in [6.45, 7) is 1.52. The molecule has 0 aromatic heterocycles. The summed E-state index contributed by atoms with van der Waals surface area (Å²) < 4.78 is 52.8. The van der Waals surface area contributed by atoms with Gasteiger partial charge in [0.05, 0.1) is 4.90 Å². The van der Waals surface area contributed by atoms with Crippen molar-refractivity contribution in [1.82, 2.24) is 0 Å². The Bertz CT molecular complexity index is 870. The minimum atomic E-state index is -4.66. The maximum absolute atomic E-state index is 12.4. The van der Waals surface area contributed by atoms with E-state index in [1.807, 2.05) is 0 Å². The Labute approximate surface area is 148 Å². The van der Waals surface area contributed by atoms with Gasteiger partial charge in [-0.05, 0) is 55.0 Å². The fourth-order valence-corrected chi connectivity index (χ4v) is 2.72. The Hall–Kier alpha value is -2.19. The van der Waals surface area contributed by atoms with Crippen LogP contribution >= 0.6 is 11.6 Å². The molecule has 0 fully saturated rings. The largest absolute Gasteiger partial charge is 0.484 e. The Morgan fingerprint density at radius 1 is 1.20 bits per heavy atom. The summed E-state index contributed by atoms with van der Waals surface area (Å²) in [7, 11) is -4.66. The first-order valence-corrected chi connectivity index (χ1v) is 8.93. The zero-order valence-electron chi connectivity index (χ0n) is 13.0. The van der Waals surface area contributed by atoms with Crippen LogP contribution in [0, 0.1) is 6.92 Å². The number of halogens is 3. The van der Waals surface area contributed by atoms with Gasteiger partial charge in [-0.3, -0.25) is 4.79 Å². The van der Waals surface area contributed by atoms with Crippen LogP contribution in [0.15, 0.2) is 47.4 Å². The first kappa shape index (κ1) is 19.1. The van der Waals surface area contributed by atoms with Crippen molar-refractivity contribution in [1.29, 1.82) is 0 Å². The maximum Gasteiger partial charge on any atom is 0.341 e. The summed E-state index contributed by atoms with van der Waals surface area (Å²) in [4.78, 5) is 11.3. The molecule has 0 saturated heterocycles. The van der Waals surface area contributed by atoms with Crippen LogP contribution in [0.1, 0.15) is 5.56 Å². The van der Waals surface area contributed by atoms with Crippen LogP contribution < -0.4 is 10.1 Å². The molecule has 134 valence electrons. The van der Waals surface area contributed by atoms with Crippen molar-refractivity contribution < 1.29 is 26.7 Å². The summed E-state index contributed by atoms with van der Waals surface area (Å²) in [6, 6.07) is 9.39. The van der Waals surface area contributed by atoms with E-state index in [0.29, 0.717) is 10.8 Å². The Morgan fingerprint density at radius 3 is 2.40 bits per heavy atom. The van der Waals surface area contributed by atoms with E-state index in [-0.39, 0.29) is 12.3 Å². The van der Waals surface area contributed by atoms with Crippen molar-refractivity contribution in [2.75, 3.05) is 11.9 Å². The quantitative estimate of drug-likeness (QED) is 0.818. The second-order valence-corrected chi connectivity index (χ2v) is 7.40. The molecular formula is C16H14ClF2NO4S. The number of ether oxygens (including phenoxy) is 1. The zero-order valence-corrected chi connectivity index (χ0v) is 14.6. The second kappa shape index (κ2) is 7.79. The van der Waals surface area contributed by atoms with Gasteiger partial charge >= 0.3 is 5.76 Å². The lowest BCUT2D eigenvalue weighted by atomic mass is 10.2. The Balaban J connectivity index is 1.95. The lowest BCUT2D eigenvalue weighted by Gasteiger charge is -2.09. The third-order valence-electron chi connectivity index (χ3n) is 3.20. The number of carbonyl (C=O) groups excluding carboxylic acids is 1. The highest BCUT2D eigenvalue weighted by Gasteiger charge is 2.26. The smallest absolute Gasteiger partial charge is 0.341 e. The van der Waals surface area contributed by atoms with Crippen molar-refractivity contribution in [3.05, 3.63) is 53.1 Å². The fraction of sp³-hybridized carbons (Fsp3) is 0.188. The molecule has 2 rings (SSSR count). The molecule has 1 amide bonds. The van der Waals surface area contributed by atoms with Crippen LogP contribution in [-0.4, -0.2) is 26.7 Å². The van der Waals surface area contributed by atoms with E-state index in [4.69, 9.17) is 16.3 Å². The molecule has 2 aromatic carbocycles. The molecular weight excluding hydrogens is 376 g/mol. The molecule has 0 atom stereocenters. The Kier molecular flexibility index (Phi) is 5.97. The molecule has 0 aliphatic rings. The highest BCUT2D eigenvalue weighted by Crippen LogP contribution is 2.22. The number of sulfone groups is 1. The standard InChI is InChI=1S/C16H14ClF2NO4S/c1-10-8-12(4-7-14(10)17)24-9-15(21)20-11-2-5-13(6-3-11)25(22,23)16(18)19/h2-8,16H,9H2,1H3,(H,20,21). The van der Waals surface area contributed by atoms with Gasteiger partial charge in [0.1, 0.15) is 5.75 Å². The molecule has 25 heavy (non-hydrogen) atoms. The van der Waals surface area contributed by atoms with Crippen molar-refractivity contribution >= 4 is 33.0 Å². The van der Waals surface area contributed by atoms with Gasteiger partial charge in [0.2, 0.25) is 9.84 Å². The van der Waals surface area contributed by atoms with Crippen molar-refractivity contribution in [3.63, 3.8) is 0 Å². The first-order valence-electron chi connectivity index (χ1n) is 7.01. The molecule has 5 nitrogen and oxygen atoms in total. The molecule has 0 unspecified atom stereocenters. The number of aryl methyl sites for hydroxylation is 1. The molecule has 0 saturated carbocycles.